The van der Waals surface area contributed by atoms with Crippen molar-refractivity contribution >= 4 is 5.91 Å². The average Bonchev–Trinajstić information content (AvgIpc) is 2.15. The number of hydrogen-bond acceptors (Lipinski definition) is 3. The van der Waals surface area contributed by atoms with Crippen LogP contribution in [0.5, 0.6) is 0 Å². The lowest BCUT2D eigenvalue weighted by molar-refractivity contribution is -0.122. The Morgan fingerprint density at radius 1 is 1.54 bits per heavy atom. The van der Waals surface area contributed by atoms with E-state index in [9.17, 15) is 4.79 Å². The minimum Gasteiger partial charge on any atom is -0.383 e. The molecule has 4 nitrogen and oxygen atoms in total. The molecule has 0 aromatic carbocycles. The first-order chi connectivity index (χ1) is 6.15. The standard InChI is InChI=1S/C9H20N2O2/c1-5-8(6-13-4)11-7(2)9(12)10-3/h7-8,11H,5-6H2,1-4H3,(H,10,12). The van der Waals surface area contributed by atoms with Gasteiger partial charge in [0.25, 0.3) is 0 Å². The molecule has 4 heteroatoms. The number of nitrogens with one attached hydrogen (secondary N) is 2. The molecule has 0 aliphatic heterocycles. The second kappa shape index (κ2) is 6.86. The van der Waals surface area contributed by atoms with Crippen molar-refractivity contribution in [1.29, 1.82) is 0 Å². The smallest absolute Gasteiger partial charge is 0.236 e. The summed E-state index contributed by atoms with van der Waals surface area (Å²) in [7, 11) is 3.30. The molecule has 0 fully saturated rings. The van der Waals surface area contributed by atoms with Crippen LogP contribution in [0.4, 0.5) is 0 Å². The van der Waals surface area contributed by atoms with Gasteiger partial charge in [0.15, 0.2) is 0 Å². The molecule has 13 heavy (non-hydrogen) atoms. The highest BCUT2D eigenvalue weighted by Crippen LogP contribution is 1.94. The largest absolute Gasteiger partial charge is 0.383 e. The molecule has 0 bridgehead atoms. The molecule has 0 spiro atoms. The number of carbonyl (C=O) groups is 1. The first-order valence-electron chi connectivity index (χ1n) is 4.62. The fourth-order valence-corrected chi connectivity index (χ4v) is 1.13. The minimum absolute atomic E-state index is 0.00885. The summed E-state index contributed by atoms with van der Waals surface area (Å²) in [5, 5.41) is 5.78. The Labute approximate surface area is 80.0 Å². The lowest BCUT2D eigenvalue weighted by Gasteiger charge is -2.20. The maximum absolute atomic E-state index is 11.2. The first-order valence-corrected chi connectivity index (χ1v) is 4.62. The van der Waals surface area contributed by atoms with Crippen molar-refractivity contribution in [2.24, 2.45) is 0 Å². The van der Waals surface area contributed by atoms with E-state index in [1.54, 1.807) is 14.2 Å². The van der Waals surface area contributed by atoms with E-state index in [2.05, 4.69) is 17.6 Å². The van der Waals surface area contributed by atoms with E-state index in [1.807, 2.05) is 6.92 Å². The van der Waals surface area contributed by atoms with Gasteiger partial charge in [-0.25, -0.2) is 0 Å². The average molecular weight is 188 g/mol. The first kappa shape index (κ1) is 12.4. The predicted octanol–water partition coefficient (Wildman–Crippen LogP) is 0.136. The van der Waals surface area contributed by atoms with Crippen LogP contribution < -0.4 is 10.6 Å². The maximum atomic E-state index is 11.2. The van der Waals surface area contributed by atoms with Gasteiger partial charge in [-0.15, -0.1) is 0 Å². The maximum Gasteiger partial charge on any atom is 0.236 e. The van der Waals surface area contributed by atoms with Crippen LogP contribution >= 0.6 is 0 Å². The number of amides is 1. The van der Waals surface area contributed by atoms with E-state index in [4.69, 9.17) is 4.74 Å². The van der Waals surface area contributed by atoms with Gasteiger partial charge < -0.3 is 15.4 Å². The highest BCUT2D eigenvalue weighted by Gasteiger charge is 2.14. The van der Waals surface area contributed by atoms with Gasteiger partial charge in [0.05, 0.1) is 12.6 Å². The number of ether oxygens (including phenoxy) is 1. The number of methoxy groups -OCH3 is 1. The summed E-state index contributed by atoms with van der Waals surface area (Å²) < 4.78 is 5.01. The Hall–Kier alpha value is -0.610. The molecule has 2 N–H and O–H groups in total. The fraction of sp³-hybridized carbons (Fsp3) is 0.889. The molecule has 1 amide bonds. The van der Waals surface area contributed by atoms with Crippen LogP contribution in [-0.2, 0) is 9.53 Å². The SMILES string of the molecule is CCC(COC)NC(C)C(=O)NC. The van der Waals surface area contributed by atoms with Crippen molar-refractivity contribution in [3.05, 3.63) is 0 Å². The molecule has 2 atom stereocenters. The minimum atomic E-state index is -0.162. The van der Waals surface area contributed by atoms with Gasteiger partial charge in [-0.1, -0.05) is 6.92 Å². The molecule has 2 unspecified atom stereocenters. The third-order valence-electron chi connectivity index (χ3n) is 1.99. The zero-order valence-electron chi connectivity index (χ0n) is 8.89. The summed E-state index contributed by atoms with van der Waals surface area (Å²) in [6.07, 6.45) is 0.954. The van der Waals surface area contributed by atoms with Crippen molar-refractivity contribution in [2.75, 3.05) is 20.8 Å². The van der Waals surface area contributed by atoms with E-state index in [1.165, 1.54) is 0 Å². The van der Waals surface area contributed by atoms with Crippen LogP contribution in [0.25, 0.3) is 0 Å². The van der Waals surface area contributed by atoms with Crippen LogP contribution in [0.3, 0.4) is 0 Å². The quantitative estimate of drug-likeness (QED) is 0.623. The van der Waals surface area contributed by atoms with Crippen LogP contribution in [0.1, 0.15) is 20.3 Å². The molecular formula is C9H20N2O2. The summed E-state index contributed by atoms with van der Waals surface area (Å²) in [6.45, 7) is 4.54. The molecule has 0 radical (unpaired) electrons. The molecule has 0 aromatic heterocycles. The van der Waals surface area contributed by atoms with E-state index in [0.29, 0.717) is 6.61 Å². The number of likely N-dealkylation sites (N-methyl/N-ethyl adjacent to an activating group) is 1. The summed E-state index contributed by atoms with van der Waals surface area (Å²) in [5.41, 5.74) is 0. The van der Waals surface area contributed by atoms with E-state index in [-0.39, 0.29) is 18.0 Å². The number of rotatable bonds is 6. The van der Waals surface area contributed by atoms with Gasteiger partial charge in [0.2, 0.25) is 5.91 Å². The molecule has 0 saturated heterocycles. The second-order valence-corrected chi connectivity index (χ2v) is 3.06. The van der Waals surface area contributed by atoms with Gasteiger partial charge >= 0.3 is 0 Å². The van der Waals surface area contributed by atoms with Crippen molar-refractivity contribution in [3.8, 4) is 0 Å². The zero-order valence-corrected chi connectivity index (χ0v) is 8.89. The molecule has 0 aliphatic carbocycles. The molecule has 0 rings (SSSR count). The summed E-state index contributed by atoms with van der Waals surface area (Å²) in [6, 6.07) is 0.0856. The van der Waals surface area contributed by atoms with Crippen LogP contribution in [0.15, 0.2) is 0 Å². The van der Waals surface area contributed by atoms with Crippen LogP contribution in [0.2, 0.25) is 0 Å². The summed E-state index contributed by atoms with van der Waals surface area (Å²) in [4.78, 5) is 11.2. The third-order valence-corrected chi connectivity index (χ3v) is 1.99. The van der Waals surface area contributed by atoms with Crippen molar-refractivity contribution in [1.82, 2.24) is 10.6 Å². The van der Waals surface area contributed by atoms with Gasteiger partial charge in [-0.3, -0.25) is 4.79 Å². The molecule has 0 aliphatic rings. The lowest BCUT2D eigenvalue weighted by atomic mass is 10.2. The Balaban J connectivity index is 3.85. The third kappa shape index (κ3) is 4.85. The normalized spacial score (nSPS) is 15.1. The monoisotopic (exact) mass is 188 g/mol. The van der Waals surface area contributed by atoms with Crippen LogP contribution in [-0.4, -0.2) is 38.8 Å². The van der Waals surface area contributed by atoms with Gasteiger partial charge in [-0.2, -0.15) is 0 Å². The Morgan fingerprint density at radius 3 is 2.54 bits per heavy atom. The highest BCUT2D eigenvalue weighted by atomic mass is 16.5. The van der Waals surface area contributed by atoms with E-state index < -0.39 is 0 Å². The second-order valence-electron chi connectivity index (χ2n) is 3.06. The molecular weight excluding hydrogens is 168 g/mol. The topological polar surface area (TPSA) is 50.4 Å². The number of carbonyl (C=O) groups excluding carboxylic acids is 1. The fourth-order valence-electron chi connectivity index (χ4n) is 1.13. The molecule has 78 valence electrons. The summed E-state index contributed by atoms with van der Waals surface area (Å²) >= 11 is 0. The van der Waals surface area contributed by atoms with Gasteiger partial charge in [0, 0.05) is 20.2 Å². The van der Waals surface area contributed by atoms with Crippen molar-refractivity contribution in [3.63, 3.8) is 0 Å². The van der Waals surface area contributed by atoms with Crippen molar-refractivity contribution < 1.29 is 9.53 Å². The Kier molecular flexibility index (Phi) is 6.54. The molecule has 0 saturated carbocycles. The summed E-state index contributed by atoms with van der Waals surface area (Å²) in [5.74, 6) is 0.00885. The predicted molar refractivity (Wildman–Crippen MR) is 52.6 cm³/mol. The van der Waals surface area contributed by atoms with E-state index in [0.717, 1.165) is 6.42 Å². The highest BCUT2D eigenvalue weighted by molar-refractivity contribution is 5.80. The van der Waals surface area contributed by atoms with Gasteiger partial charge in [-0.05, 0) is 13.3 Å². The zero-order chi connectivity index (χ0) is 10.3. The number of hydrogen-bond donors (Lipinski definition) is 2. The van der Waals surface area contributed by atoms with Crippen molar-refractivity contribution in [2.45, 2.75) is 32.4 Å². The lowest BCUT2D eigenvalue weighted by Crippen LogP contribution is -2.46. The van der Waals surface area contributed by atoms with E-state index >= 15 is 0 Å². The van der Waals surface area contributed by atoms with Crippen LogP contribution in [0, 0.1) is 0 Å². The Bertz CT molecular complexity index is 151. The van der Waals surface area contributed by atoms with Gasteiger partial charge in [0.1, 0.15) is 0 Å². The molecule has 0 heterocycles. The Morgan fingerprint density at radius 2 is 2.15 bits per heavy atom. The molecule has 0 aromatic rings.